The van der Waals surface area contributed by atoms with Crippen molar-refractivity contribution in [2.75, 3.05) is 71.0 Å². The summed E-state index contributed by atoms with van der Waals surface area (Å²) in [5, 5.41) is 3.05. The zero-order valence-electron chi connectivity index (χ0n) is 15.2. The summed E-state index contributed by atoms with van der Waals surface area (Å²) in [5.74, 6) is 0.675. The van der Waals surface area contributed by atoms with Gasteiger partial charge in [0.2, 0.25) is 0 Å². The molecular formula is C19H30N4O2. The summed E-state index contributed by atoms with van der Waals surface area (Å²) in [5.41, 5.74) is 1.17. The fourth-order valence-corrected chi connectivity index (χ4v) is 3.48. The summed E-state index contributed by atoms with van der Waals surface area (Å²) in [6.45, 7) is 7.93. The van der Waals surface area contributed by atoms with Crippen molar-refractivity contribution in [3.63, 3.8) is 0 Å². The molecule has 2 aliphatic rings. The van der Waals surface area contributed by atoms with Crippen molar-refractivity contribution in [2.24, 2.45) is 5.92 Å². The fraction of sp³-hybridized carbons (Fsp3) is 0.632. The largest absolute Gasteiger partial charge is 0.381 e. The van der Waals surface area contributed by atoms with Crippen molar-refractivity contribution < 1.29 is 9.53 Å². The van der Waals surface area contributed by atoms with E-state index in [1.54, 1.807) is 0 Å². The smallest absolute Gasteiger partial charge is 0.317 e. The number of hydrogen-bond acceptors (Lipinski definition) is 4. The number of ether oxygens (including phenoxy) is 1. The highest BCUT2D eigenvalue weighted by Crippen LogP contribution is 2.15. The molecule has 0 bridgehead atoms. The molecule has 0 aromatic heterocycles. The Morgan fingerprint density at radius 2 is 2.00 bits per heavy atom. The standard InChI is InChI=1S/C19H30N4O2/c1-21(18-5-3-2-4-6-18)9-8-20-19(24)23-12-10-22(11-13-23)15-17-7-14-25-16-17/h2-6,17H,7-16H2,1H3,(H,20,24)/t17-/m1/s1. The van der Waals surface area contributed by atoms with Crippen LogP contribution < -0.4 is 10.2 Å². The van der Waals surface area contributed by atoms with Gasteiger partial charge in [0.25, 0.3) is 0 Å². The molecule has 138 valence electrons. The number of amides is 2. The first kappa shape index (κ1) is 18.0. The number of likely N-dealkylation sites (N-methyl/N-ethyl adjacent to an activating group) is 1. The lowest BCUT2D eigenvalue weighted by Crippen LogP contribution is -2.53. The maximum absolute atomic E-state index is 12.3. The van der Waals surface area contributed by atoms with Crippen LogP contribution in [0.5, 0.6) is 0 Å². The number of urea groups is 1. The van der Waals surface area contributed by atoms with Crippen LogP contribution in [0.4, 0.5) is 10.5 Å². The van der Waals surface area contributed by atoms with Crippen LogP contribution in [-0.4, -0.2) is 81.9 Å². The lowest BCUT2D eigenvalue weighted by Gasteiger charge is -2.35. The summed E-state index contributed by atoms with van der Waals surface area (Å²) in [6.07, 6.45) is 1.18. The van der Waals surface area contributed by atoms with Gasteiger partial charge in [-0.1, -0.05) is 18.2 Å². The second-order valence-corrected chi connectivity index (χ2v) is 7.01. The van der Waals surface area contributed by atoms with Crippen molar-refractivity contribution in [1.82, 2.24) is 15.1 Å². The zero-order valence-corrected chi connectivity index (χ0v) is 15.2. The Morgan fingerprint density at radius 1 is 1.24 bits per heavy atom. The van der Waals surface area contributed by atoms with Crippen LogP contribution in [0.25, 0.3) is 0 Å². The van der Waals surface area contributed by atoms with Crippen LogP contribution in [-0.2, 0) is 4.74 Å². The molecule has 0 saturated carbocycles. The average molecular weight is 346 g/mol. The molecule has 25 heavy (non-hydrogen) atoms. The molecule has 0 spiro atoms. The van der Waals surface area contributed by atoms with E-state index in [0.717, 1.165) is 52.5 Å². The molecule has 0 aliphatic carbocycles. The van der Waals surface area contributed by atoms with Crippen LogP contribution in [0.3, 0.4) is 0 Å². The normalized spacial score (nSPS) is 21.3. The Balaban J connectivity index is 1.32. The van der Waals surface area contributed by atoms with E-state index in [4.69, 9.17) is 4.74 Å². The minimum Gasteiger partial charge on any atom is -0.381 e. The molecule has 6 nitrogen and oxygen atoms in total. The fourth-order valence-electron chi connectivity index (χ4n) is 3.48. The first-order valence-corrected chi connectivity index (χ1v) is 9.31. The van der Waals surface area contributed by atoms with Crippen molar-refractivity contribution in [3.8, 4) is 0 Å². The molecule has 1 N–H and O–H groups in total. The number of anilines is 1. The van der Waals surface area contributed by atoms with Gasteiger partial charge in [0.05, 0.1) is 6.61 Å². The Labute approximate surface area is 150 Å². The van der Waals surface area contributed by atoms with Gasteiger partial charge < -0.3 is 19.9 Å². The third-order valence-electron chi connectivity index (χ3n) is 5.12. The zero-order chi connectivity index (χ0) is 17.5. The van der Waals surface area contributed by atoms with E-state index in [2.05, 4.69) is 27.2 Å². The van der Waals surface area contributed by atoms with E-state index < -0.39 is 0 Å². The summed E-state index contributed by atoms with van der Waals surface area (Å²) < 4.78 is 5.45. The number of carbonyl (C=O) groups is 1. The molecule has 0 unspecified atom stereocenters. The number of piperazine rings is 1. The van der Waals surface area contributed by atoms with Crippen LogP contribution in [0.1, 0.15) is 6.42 Å². The lowest BCUT2D eigenvalue weighted by molar-refractivity contribution is 0.120. The van der Waals surface area contributed by atoms with E-state index in [1.165, 1.54) is 12.1 Å². The number of hydrogen-bond donors (Lipinski definition) is 1. The molecule has 2 aliphatic heterocycles. The summed E-state index contributed by atoms with van der Waals surface area (Å²) in [6, 6.07) is 10.3. The van der Waals surface area contributed by atoms with E-state index in [9.17, 15) is 4.79 Å². The minimum absolute atomic E-state index is 0.0605. The van der Waals surface area contributed by atoms with Crippen LogP contribution >= 0.6 is 0 Å². The van der Waals surface area contributed by atoms with Gasteiger partial charge in [0.15, 0.2) is 0 Å². The van der Waals surface area contributed by atoms with Crippen LogP contribution in [0, 0.1) is 5.92 Å². The maximum Gasteiger partial charge on any atom is 0.317 e. The third-order valence-corrected chi connectivity index (χ3v) is 5.12. The second-order valence-electron chi connectivity index (χ2n) is 7.01. The first-order valence-electron chi connectivity index (χ1n) is 9.31. The number of para-hydroxylation sites is 1. The molecule has 6 heteroatoms. The number of carbonyl (C=O) groups excluding carboxylic acids is 1. The summed E-state index contributed by atoms with van der Waals surface area (Å²) in [4.78, 5) is 18.9. The predicted molar refractivity (Wildman–Crippen MR) is 100 cm³/mol. The molecule has 2 amide bonds. The van der Waals surface area contributed by atoms with Gasteiger partial charge in [-0.3, -0.25) is 4.90 Å². The molecule has 2 saturated heterocycles. The van der Waals surface area contributed by atoms with Gasteiger partial charge >= 0.3 is 6.03 Å². The van der Waals surface area contributed by atoms with Gasteiger partial charge in [-0.25, -0.2) is 4.79 Å². The first-order chi connectivity index (χ1) is 12.2. The van der Waals surface area contributed by atoms with Crippen molar-refractivity contribution >= 4 is 11.7 Å². The highest BCUT2D eigenvalue weighted by Gasteiger charge is 2.24. The topological polar surface area (TPSA) is 48.1 Å². The highest BCUT2D eigenvalue weighted by molar-refractivity contribution is 5.74. The molecule has 1 aromatic carbocycles. The molecule has 3 rings (SSSR count). The molecule has 0 radical (unpaired) electrons. The highest BCUT2D eigenvalue weighted by atomic mass is 16.5. The summed E-state index contributed by atoms with van der Waals surface area (Å²) in [7, 11) is 2.05. The van der Waals surface area contributed by atoms with E-state index in [1.807, 2.05) is 30.1 Å². The quantitative estimate of drug-likeness (QED) is 0.848. The number of rotatable bonds is 6. The van der Waals surface area contributed by atoms with E-state index >= 15 is 0 Å². The number of nitrogens with one attached hydrogen (secondary N) is 1. The van der Waals surface area contributed by atoms with Gasteiger partial charge in [-0.15, -0.1) is 0 Å². The Kier molecular flexibility index (Phi) is 6.53. The predicted octanol–water partition coefficient (Wildman–Crippen LogP) is 1.49. The van der Waals surface area contributed by atoms with E-state index in [-0.39, 0.29) is 6.03 Å². The molecular weight excluding hydrogens is 316 g/mol. The van der Waals surface area contributed by atoms with Gasteiger partial charge in [-0.05, 0) is 24.5 Å². The number of nitrogens with zero attached hydrogens (tertiary/aromatic N) is 3. The molecule has 1 aromatic rings. The molecule has 1 atom stereocenters. The van der Waals surface area contributed by atoms with Crippen LogP contribution in [0.15, 0.2) is 30.3 Å². The minimum atomic E-state index is 0.0605. The average Bonchev–Trinajstić information content (AvgIpc) is 3.16. The van der Waals surface area contributed by atoms with E-state index in [0.29, 0.717) is 12.5 Å². The lowest BCUT2D eigenvalue weighted by atomic mass is 10.1. The summed E-state index contributed by atoms with van der Waals surface area (Å²) >= 11 is 0. The van der Waals surface area contributed by atoms with Gasteiger partial charge in [0.1, 0.15) is 0 Å². The maximum atomic E-state index is 12.3. The second kappa shape index (κ2) is 9.06. The third kappa shape index (κ3) is 5.34. The van der Waals surface area contributed by atoms with Gasteiger partial charge in [0, 0.05) is 65.2 Å². The number of benzene rings is 1. The Bertz CT molecular complexity index is 525. The Hall–Kier alpha value is -1.79. The van der Waals surface area contributed by atoms with Gasteiger partial charge in [-0.2, -0.15) is 0 Å². The molecule has 2 fully saturated rings. The van der Waals surface area contributed by atoms with Crippen molar-refractivity contribution in [2.45, 2.75) is 6.42 Å². The SMILES string of the molecule is CN(CCNC(=O)N1CCN(C[C@H]2CCOC2)CC1)c1ccccc1. The Morgan fingerprint density at radius 3 is 2.68 bits per heavy atom. The molecule has 2 heterocycles. The van der Waals surface area contributed by atoms with Crippen LogP contribution in [0.2, 0.25) is 0 Å². The monoisotopic (exact) mass is 346 g/mol. The van der Waals surface area contributed by atoms with Crippen molar-refractivity contribution in [1.29, 1.82) is 0 Å². The van der Waals surface area contributed by atoms with Crippen molar-refractivity contribution in [3.05, 3.63) is 30.3 Å².